The highest BCUT2D eigenvalue weighted by Gasteiger charge is 2.11. The minimum Gasteiger partial charge on any atom is -0.478 e. The maximum atomic E-state index is 10.8. The van der Waals surface area contributed by atoms with E-state index in [1.807, 2.05) is 6.92 Å². The lowest BCUT2D eigenvalue weighted by molar-refractivity contribution is 0.0692. The van der Waals surface area contributed by atoms with Crippen molar-refractivity contribution in [3.63, 3.8) is 0 Å². The SMILES string of the molecule is CCCSc1ncc(N)cc1C(=O)O. The molecule has 0 aromatic carbocycles. The molecule has 1 aromatic heterocycles. The van der Waals surface area contributed by atoms with Gasteiger partial charge in [0.1, 0.15) is 5.03 Å². The minimum absolute atomic E-state index is 0.184. The molecule has 0 bridgehead atoms. The maximum absolute atomic E-state index is 10.8. The molecule has 0 saturated heterocycles. The second kappa shape index (κ2) is 4.85. The average molecular weight is 212 g/mol. The number of thioether (sulfide) groups is 1. The zero-order valence-corrected chi connectivity index (χ0v) is 8.67. The number of hydrogen-bond acceptors (Lipinski definition) is 4. The van der Waals surface area contributed by atoms with E-state index in [1.54, 1.807) is 0 Å². The van der Waals surface area contributed by atoms with Crippen LogP contribution in [0, 0.1) is 0 Å². The van der Waals surface area contributed by atoms with Crippen LogP contribution in [0.1, 0.15) is 23.7 Å². The molecule has 1 heterocycles. The summed E-state index contributed by atoms with van der Waals surface area (Å²) < 4.78 is 0. The number of carbonyl (C=O) groups is 1. The first-order valence-corrected chi connectivity index (χ1v) is 5.25. The zero-order valence-electron chi connectivity index (χ0n) is 7.86. The molecule has 76 valence electrons. The van der Waals surface area contributed by atoms with Gasteiger partial charge in [-0.15, -0.1) is 11.8 Å². The summed E-state index contributed by atoms with van der Waals surface area (Å²) in [7, 11) is 0. The normalized spacial score (nSPS) is 10.1. The molecule has 0 aliphatic rings. The number of anilines is 1. The molecule has 1 aromatic rings. The summed E-state index contributed by atoms with van der Waals surface area (Å²) in [6, 6.07) is 1.44. The van der Waals surface area contributed by atoms with Gasteiger partial charge in [0.15, 0.2) is 0 Å². The molecule has 0 atom stereocenters. The Balaban J connectivity index is 2.96. The van der Waals surface area contributed by atoms with Gasteiger partial charge in [0.05, 0.1) is 17.4 Å². The number of rotatable bonds is 4. The third kappa shape index (κ3) is 2.63. The van der Waals surface area contributed by atoms with E-state index in [2.05, 4.69) is 4.98 Å². The van der Waals surface area contributed by atoms with Gasteiger partial charge in [-0.2, -0.15) is 0 Å². The molecule has 0 radical (unpaired) electrons. The summed E-state index contributed by atoms with van der Waals surface area (Å²) in [5.41, 5.74) is 6.02. The number of carboxylic acids is 1. The van der Waals surface area contributed by atoms with Crippen molar-refractivity contribution >= 4 is 23.4 Å². The van der Waals surface area contributed by atoms with Crippen LogP contribution >= 0.6 is 11.8 Å². The van der Waals surface area contributed by atoms with E-state index in [0.29, 0.717) is 10.7 Å². The number of nitrogen functional groups attached to an aromatic ring is 1. The quantitative estimate of drug-likeness (QED) is 0.745. The molecule has 3 N–H and O–H groups in total. The van der Waals surface area contributed by atoms with E-state index in [4.69, 9.17) is 10.8 Å². The third-order valence-corrected chi connectivity index (χ3v) is 2.76. The summed E-state index contributed by atoms with van der Waals surface area (Å²) in [4.78, 5) is 14.8. The van der Waals surface area contributed by atoms with Gasteiger partial charge >= 0.3 is 5.97 Å². The van der Waals surface area contributed by atoms with Crippen molar-refractivity contribution in [1.82, 2.24) is 4.98 Å². The van der Waals surface area contributed by atoms with Crippen LogP contribution in [-0.4, -0.2) is 21.8 Å². The Morgan fingerprint density at radius 3 is 3.00 bits per heavy atom. The van der Waals surface area contributed by atoms with Gasteiger partial charge < -0.3 is 10.8 Å². The fourth-order valence-corrected chi connectivity index (χ4v) is 1.76. The first-order valence-electron chi connectivity index (χ1n) is 4.26. The van der Waals surface area contributed by atoms with Crippen molar-refractivity contribution in [1.29, 1.82) is 0 Å². The third-order valence-electron chi connectivity index (χ3n) is 1.55. The Bertz CT molecular complexity index is 342. The number of pyridine rings is 1. The van der Waals surface area contributed by atoms with Crippen LogP contribution < -0.4 is 5.73 Å². The molecule has 5 heteroatoms. The first-order chi connectivity index (χ1) is 6.65. The number of aromatic carboxylic acids is 1. The van der Waals surface area contributed by atoms with Crippen LogP contribution in [0.25, 0.3) is 0 Å². The Morgan fingerprint density at radius 1 is 1.71 bits per heavy atom. The van der Waals surface area contributed by atoms with E-state index in [1.165, 1.54) is 24.0 Å². The molecule has 0 aliphatic carbocycles. The van der Waals surface area contributed by atoms with Crippen molar-refractivity contribution in [3.8, 4) is 0 Å². The second-order valence-corrected chi connectivity index (χ2v) is 3.86. The molecule has 1 rings (SSSR count). The largest absolute Gasteiger partial charge is 0.478 e. The molecule has 4 nitrogen and oxygen atoms in total. The van der Waals surface area contributed by atoms with Crippen molar-refractivity contribution in [3.05, 3.63) is 17.8 Å². The van der Waals surface area contributed by atoms with E-state index >= 15 is 0 Å². The number of carboxylic acid groups (broad SMARTS) is 1. The second-order valence-electron chi connectivity index (χ2n) is 2.77. The minimum atomic E-state index is -0.983. The van der Waals surface area contributed by atoms with Crippen LogP contribution in [0.5, 0.6) is 0 Å². The summed E-state index contributed by atoms with van der Waals surface area (Å²) in [6.07, 6.45) is 2.46. The first kappa shape index (κ1) is 10.8. The zero-order chi connectivity index (χ0) is 10.6. The Labute approximate surface area is 86.5 Å². The number of nitrogens with zero attached hydrogens (tertiary/aromatic N) is 1. The monoisotopic (exact) mass is 212 g/mol. The van der Waals surface area contributed by atoms with Crippen LogP contribution in [-0.2, 0) is 0 Å². The van der Waals surface area contributed by atoms with Gasteiger partial charge in [-0.1, -0.05) is 6.92 Å². The topological polar surface area (TPSA) is 76.2 Å². The fraction of sp³-hybridized carbons (Fsp3) is 0.333. The Hall–Kier alpha value is -1.23. The predicted molar refractivity (Wildman–Crippen MR) is 56.6 cm³/mol. The highest BCUT2D eigenvalue weighted by molar-refractivity contribution is 7.99. The molecule has 0 unspecified atom stereocenters. The lowest BCUT2D eigenvalue weighted by Gasteiger charge is -2.04. The van der Waals surface area contributed by atoms with Crippen molar-refractivity contribution in [2.24, 2.45) is 0 Å². The molecule has 0 saturated carbocycles. The number of hydrogen-bond donors (Lipinski definition) is 2. The van der Waals surface area contributed by atoms with Gasteiger partial charge in [0.25, 0.3) is 0 Å². The predicted octanol–water partition coefficient (Wildman–Crippen LogP) is 1.86. The molecular weight excluding hydrogens is 200 g/mol. The van der Waals surface area contributed by atoms with E-state index in [-0.39, 0.29) is 5.56 Å². The van der Waals surface area contributed by atoms with Gasteiger partial charge in [0.2, 0.25) is 0 Å². The van der Waals surface area contributed by atoms with Gasteiger partial charge in [-0.3, -0.25) is 0 Å². The van der Waals surface area contributed by atoms with Gasteiger partial charge in [0, 0.05) is 0 Å². The molecule has 0 amide bonds. The molecule has 14 heavy (non-hydrogen) atoms. The smallest absolute Gasteiger partial charge is 0.338 e. The van der Waals surface area contributed by atoms with Gasteiger partial charge in [-0.05, 0) is 18.2 Å². The van der Waals surface area contributed by atoms with E-state index in [9.17, 15) is 4.79 Å². The number of nitrogens with two attached hydrogens (primary N) is 1. The summed E-state index contributed by atoms with van der Waals surface area (Å²) in [5.74, 6) is -0.125. The van der Waals surface area contributed by atoms with Crippen LogP contribution in [0.2, 0.25) is 0 Å². The highest BCUT2D eigenvalue weighted by Crippen LogP contribution is 2.22. The average Bonchev–Trinajstić information content (AvgIpc) is 2.15. The maximum Gasteiger partial charge on any atom is 0.338 e. The number of aromatic nitrogens is 1. The lowest BCUT2D eigenvalue weighted by Crippen LogP contribution is -2.02. The van der Waals surface area contributed by atoms with Crippen molar-refractivity contribution < 1.29 is 9.90 Å². The van der Waals surface area contributed by atoms with Crippen molar-refractivity contribution in [2.45, 2.75) is 18.4 Å². The molecule has 0 spiro atoms. The summed E-state index contributed by atoms with van der Waals surface area (Å²) in [6.45, 7) is 2.03. The fourth-order valence-electron chi connectivity index (χ4n) is 0.935. The van der Waals surface area contributed by atoms with E-state index < -0.39 is 5.97 Å². The van der Waals surface area contributed by atoms with Crippen LogP contribution in [0.3, 0.4) is 0 Å². The van der Waals surface area contributed by atoms with Crippen LogP contribution in [0.4, 0.5) is 5.69 Å². The summed E-state index contributed by atoms with van der Waals surface area (Å²) in [5, 5.41) is 9.42. The Morgan fingerprint density at radius 2 is 2.43 bits per heavy atom. The van der Waals surface area contributed by atoms with Crippen LogP contribution in [0.15, 0.2) is 17.3 Å². The summed E-state index contributed by atoms with van der Waals surface area (Å²) >= 11 is 1.44. The van der Waals surface area contributed by atoms with Gasteiger partial charge in [-0.25, -0.2) is 9.78 Å². The lowest BCUT2D eigenvalue weighted by atomic mass is 10.3. The molecule has 0 fully saturated rings. The van der Waals surface area contributed by atoms with Crippen molar-refractivity contribution in [2.75, 3.05) is 11.5 Å². The molecular formula is C9H12N2O2S. The standard InChI is InChI=1S/C9H12N2O2S/c1-2-3-14-8-7(9(12)13)4-6(10)5-11-8/h4-5H,2-3,10H2,1H3,(H,12,13). The van der Waals surface area contributed by atoms with E-state index in [0.717, 1.165) is 12.2 Å². The molecule has 0 aliphatic heterocycles. The Kier molecular flexibility index (Phi) is 3.76. The highest BCUT2D eigenvalue weighted by atomic mass is 32.2.